The fourth-order valence-corrected chi connectivity index (χ4v) is 8.61. The van der Waals surface area contributed by atoms with Crippen LogP contribution < -0.4 is 0 Å². The van der Waals surface area contributed by atoms with E-state index in [1.54, 1.807) is 0 Å². The molecule has 0 heterocycles. The van der Waals surface area contributed by atoms with Gasteiger partial charge < -0.3 is 0 Å². The highest BCUT2D eigenvalue weighted by Crippen LogP contribution is 2.47. The standard InChI is InChI=1S/C54H38/c1-35-21-25-39(26-22-35)53-45-19-11-9-17-43(45)51(37-13-5-3-6-14-37)47-31-29-41(33-49(47)53)42-30-32-48-50(34-42)54(40-27-23-36(2)24-28-40)46-20-12-10-18-44(46)52(48)38-15-7-4-8-16-38/h3-34H,1-2H3. The fraction of sp³-hybridized carbons (Fsp3) is 0.0370. The van der Waals surface area contributed by atoms with E-state index in [2.05, 4.69) is 208 Å². The number of hydrogen-bond acceptors (Lipinski definition) is 0. The lowest BCUT2D eigenvalue weighted by atomic mass is 9.83. The zero-order valence-corrected chi connectivity index (χ0v) is 30.5. The molecule has 0 aliphatic rings. The molecule has 54 heavy (non-hydrogen) atoms. The largest absolute Gasteiger partial charge is 0.0622 e. The summed E-state index contributed by atoms with van der Waals surface area (Å²) in [5.74, 6) is 0. The van der Waals surface area contributed by atoms with Crippen LogP contribution in [0.3, 0.4) is 0 Å². The second-order valence-electron chi connectivity index (χ2n) is 14.6. The Labute approximate surface area is 316 Å². The summed E-state index contributed by atoms with van der Waals surface area (Å²) in [6, 6.07) is 71.9. The molecule has 0 aromatic heterocycles. The van der Waals surface area contributed by atoms with Crippen LogP contribution in [0.15, 0.2) is 194 Å². The van der Waals surface area contributed by atoms with Gasteiger partial charge in [-0.15, -0.1) is 0 Å². The molecule has 0 nitrogen and oxygen atoms in total. The summed E-state index contributed by atoms with van der Waals surface area (Å²) in [6.45, 7) is 4.32. The number of aryl methyl sites for hydroxylation is 2. The van der Waals surface area contributed by atoms with Gasteiger partial charge >= 0.3 is 0 Å². The lowest BCUT2D eigenvalue weighted by Crippen LogP contribution is -1.93. The number of hydrogen-bond donors (Lipinski definition) is 0. The van der Waals surface area contributed by atoms with E-state index in [-0.39, 0.29) is 0 Å². The minimum absolute atomic E-state index is 1.20. The summed E-state index contributed by atoms with van der Waals surface area (Å²) in [7, 11) is 0. The first-order valence-corrected chi connectivity index (χ1v) is 18.8. The lowest BCUT2D eigenvalue weighted by Gasteiger charge is -2.20. The molecule has 0 spiro atoms. The van der Waals surface area contributed by atoms with Crippen LogP contribution in [-0.2, 0) is 0 Å². The predicted octanol–water partition coefficient (Wildman–Crippen LogP) is 15.3. The number of fused-ring (bicyclic) bond motifs is 4. The SMILES string of the molecule is Cc1ccc(-c2c3ccccc3c(-c3ccccc3)c3ccc(-c4ccc5c(-c6ccccc6)c6ccccc6c(-c6ccc(C)cc6)c5c4)cc23)cc1. The van der Waals surface area contributed by atoms with Crippen LogP contribution in [0.2, 0.25) is 0 Å². The topological polar surface area (TPSA) is 0 Å². The van der Waals surface area contributed by atoms with Crippen LogP contribution in [0, 0.1) is 13.8 Å². The van der Waals surface area contributed by atoms with E-state index in [1.165, 1.54) is 110 Å². The van der Waals surface area contributed by atoms with Crippen molar-refractivity contribution in [3.05, 3.63) is 205 Å². The van der Waals surface area contributed by atoms with E-state index in [1.807, 2.05) is 0 Å². The third-order valence-electron chi connectivity index (χ3n) is 11.2. The van der Waals surface area contributed by atoms with Gasteiger partial charge in [0.2, 0.25) is 0 Å². The zero-order valence-electron chi connectivity index (χ0n) is 30.5. The Morgan fingerprint density at radius 2 is 0.463 bits per heavy atom. The molecular weight excluding hydrogens is 649 g/mol. The minimum Gasteiger partial charge on any atom is -0.0622 e. The van der Waals surface area contributed by atoms with Crippen molar-refractivity contribution >= 4 is 43.1 Å². The van der Waals surface area contributed by atoms with Crippen LogP contribution in [0.25, 0.3) is 98.7 Å². The Bertz CT molecular complexity index is 2800. The molecule has 254 valence electrons. The molecule has 0 heteroatoms. The summed E-state index contributed by atoms with van der Waals surface area (Å²) >= 11 is 0. The van der Waals surface area contributed by atoms with E-state index in [4.69, 9.17) is 0 Å². The highest BCUT2D eigenvalue weighted by molar-refractivity contribution is 6.23. The first-order valence-electron chi connectivity index (χ1n) is 18.8. The second-order valence-corrected chi connectivity index (χ2v) is 14.6. The van der Waals surface area contributed by atoms with E-state index in [0.717, 1.165) is 0 Å². The van der Waals surface area contributed by atoms with Gasteiger partial charge in [-0.25, -0.2) is 0 Å². The highest BCUT2D eigenvalue weighted by Gasteiger charge is 2.20. The summed E-state index contributed by atoms with van der Waals surface area (Å²) < 4.78 is 0. The van der Waals surface area contributed by atoms with Crippen molar-refractivity contribution in [2.24, 2.45) is 0 Å². The first-order chi connectivity index (χ1) is 26.6. The third kappa shape index (κ3) is 5.30. The van der Waals surface area contributed by atoms with Gasteiger partial charge in [-0.1, -0.05) is 193 Å². The van der Waals surface area contributed by atoms with Crippen molar-refractivity contribution in [1.29, 1.82) is 0 Å². The predicted molar refractivity (Wildman–Crippen MR) is 233 cm³/mol. The van der Waals surface area contributed by atoms with Crippen LogP contribution in [0.5, 0.6) is 0 Å². The molecule has 0 unspecified atom stereocenters. The average Bonchev–Trinajstić information content (AvgIpc) is 3.23. The van der Waals surface area contributed by atoms with Crippen molar-refractivity contribution < 1.29 is 0 Å². The maximum atomic E-state index is 2.44. The molecule has 10 aromatic rings. The maximum absolute atomic E-state index is 2.44. The normalized spacial score (nSPS) is 11.5. The summed E-state index contributed by atoms with van der Waals surface area (Å²) in [6.07, 6.45) is 0. The van der Waals surface area contributed by atoms with Gasteiger partial charge in [0, 0.05) is 0 Å². The molecular formula is C54H38. The molecule has 10 aromatic carbocycles. The van der Waals surface area contributed by atoms with Crippen molar-refractivity contribution in [2.45, 2.75) is 13.8 Å². The molecule has 0 aliphatic carbocycles. The Morgan fingerprint density at radius 1 is 0.204 bits per heavy atom. The molecule has 0 aliphatic heterocycles. The lowest BCUT2D eigenvalue weighted by molar-refractivity contribution is 1.47. The van der Waals surface area contributed by atoms with Gasteiger partial charge in [-0.3, -0.25) is 0 Å². The Morgan fingerprint density at radius 3 is 0.815 bits per heavy atom. The Balaban J connectivity index is 1.30. The van der Waals surface area contributed by atoms with Crippen LogP contribution in [-0.4, -0.2) is 0 Å². The number of rotatable bonds is 5. The molecule has 0 N–H and O–H groups in total. The van der Waals surface area contributed by atoms with E-state index in [0.29, 0.717) is 0 Å². The van der Waals surface area contributed by atoms with Crippen molar-refractivity contribution in [1.82, 2.24) is 0 Å². The maximum Gasteiger partial charge on any atom is -0.00262 e. The van der Waals surface area contributed by atoms with Crippen LogP contribution in [0.4, 0.5) is 0 Å². The van der Waals surface area contributed by atoms with Gasteiger partial charge in [0.25, 0.3) is 0 Å². The molecule has 0 atom stereocenters. The highest BCUT2D eigenvalue weighted by atomic mass is 14.2. The molecule has 0 bridgehead atoms. The monoisotopic (exact) mass is 686 g/mol. The Hall–Kier alpha value is -6.76. The zero-order chi connectivity index (χ0) is 36.2. The molecule has 0 fully saturated rings. The number of benzene rings is 10. The quantitative estimate of drug-likeness (QED) is 0.158. The van der Waals surface area contributed by atoms with Crippen molar-refractivity contribution in [3.8, 4) is 55.6 Å². The van der Waals surface area contributed by atoms with Gasteiger partial charge in [0.1, 0.15) is 0 Å². The summed E-state index contributed by atoms with van der Waals surface area (Å²) in [4.78, 5) is 0. The first kappa shape index (κ1) is 31.9. The smallest absolute Gasteiger partial charge is 0.00262 e. The molecule has 0 amide bonds. The molecule has 10 rings (SSSR count). The minimum atomic E-state index is 1.20. The van der Waals surface area contributed by atoms with E-state index >= 15 is 0 Å². The fourth-order valence-electron chi connectivity index (χ4n) is 8.61. The van der Waals surface area contributed by atoms with E-state index in [9.17, 15) is 0 Å². The van der Waals surface area contributed by atoms with Crippen molar-refractivity contribution in [2.75, 3.05) is 0 Å². The average molecular weight is 687 g/mol. The van der Waals surface area contributed by atoms with Crippen molar-refractivity contribution in [3.63, 3.8) is 0 Å². The van der Waals surface area contributed by atoms with Crippen LogP contribution in [0.1, 0.15) is 11.1 Å². The molecule has 0 saturated carbocycles. The van der Waals surface area contributed by atoms with Crippen LogP contribution >= 0.6 is 0 Å². The van der Waals surface area contributed by atoms with E-state index < -0.39 is 0 Å². The second kappa shape index (κ2) is 13.0. The third-order valence-corrected chi connectivity index (χ3v) is 11.2. The van der Waals surface area contributed by atoms with Gasteiger partial charge in [-0.2, -0.15) is 0 Å². The summed E-state index contributed by atoms with van der Waals surface area (Å²) in [5, 5.41) is 10.1. The molecule has 0 radical (unpaired) electrons. The van der Waals surface area contributed by atoms with Gasteiger partial charge in [-0.05, 0) is 125 Å². The Kier molecular flexibility index (Phi) is 7.70. The molecule has 0 saturated heterocycles. The van der Waals surface area contributed by atoms with Gasteiger partial charge in [0.15, 0.2) is 0 Å². The van der Waals surface area contributed by atoms with Gasteiger partial charge in [0.05, 0.1) is 0 Å². The summed E-state index contributed by atoms with van der Waals surface area (Å²) in [5.41, 5.74) is 15.0.